The van der Waals surface area contributed by atoms with Crippen LogP contribution in [-0.4, -0.2) is 41.0 Å². The van der Waals surface area contributed by atoms with Crippen LogP contribution >= 0.6 is 11.8 Å². The second-order valence-corrected chi connectivity index (χ2v) is 8.19. The Morgan fingerprint density at radius 1 is 1.30 bits per heavy atom. The molecule has 158 valence electrons. The van der Waals surface area contributed by atoms with E-state index in [1.807, 2.05) is 0 Å². The number of rotatable bonds is 8. The zero-order valence-corrected chi connectivity index (χ0v) is 18.0. The number of thioether (sulfide) groups is 1. The molecule has 0 aliphatic rings. The molecule has 1 heterocycles. The summed E-state index contributed by atoms with van der Waals surface area (Å²) >= 11 is 1.16. The number of carbonyl (C=O) groups excluding carboxylic acids is 1. The van der Waals surface area contributed by atoms with E-state index in [4.69, 9.17) is 4.74 Å². The number of carbonyl (C=O) groups is 1. The van der Waals surface area contributed by atoms with Gasteiger partial charge >= 0.3 is 0 Å². The maximum atomic E-state index is 14.2. The fourth-order valence-electron chi connectivity index (χ4n) is 2.92. The Hall–Kier alpha value is -2.71. The molecule has 0 radical (unpaired) electrons. The van der Waals surface area contributed by atoms with Gasteiger partial charge in [-0.25, -0.2) is 9.37 Å². The van der Waals surface area contributed by atoms with Crippen molar-refractivity contribution >= 4 is 28.6 Å². The highest BCUT2D eigenvalue weighted by atomic mass is 32.2. The highest BCUT2D eigenvalue weighted by molar-refractivity contribution is 8.00. The topological polar surface area (TPSA) is 73.2 Å². The van der Waals surface area contributed by atoms with Crippen LogP contribution in [0.5, 0.6) is 0 Å². The highest BCUT2D eigenvalue weighted by Gasteiger charge is 2.20. The van der Waals surface area contributed by atoms with Crippen molar-refractivity contribution in [3.63, 3.8) is 0 Å². The van der Waals surface area contributed by atoms with Gasteiger partial charge in [0.15, 0.2) is 5.16 Å². The van der Waals surface area contributed by atoms with E-state index in [0.29, 0.717) is 46.9 Å². The molecule has 0 aliphatic heterocycles. The van der Waals surface area contributed by atoms with Crippen LogP contribution in [-0.2, 0) is 9.53 Å². The Labute approximate surface area is 178 Å². The lowest BCUT2D eigenvalue weighted by Crippen LogP contribution is -2.33. The van der Waals surface area contributed by atoms with E-state index < -0.39 is 11.1 Å². The van der Waals surface area contributed by atoms with Crippen molar-refractivity contribution in [3.05, 3.63) is 64.2 Å². The molecule has 1 atom stereocenters. The first kappa shape index (κ1) is 22.0. The summed E-state index contributed by atoms with van der Waals surface area (Å²) in [4.78, 5) is 30.3. The summed E-state index contributed by atoms with van der Waals surface area (Å²) in [6.45, 7) is 4.47. The predicted molar refractivity (Wildman–Crippen MR) is 117 cm³/mol. The number of fused-ring (bicyclic) bond motifs is 1. The number of amides is 1. The Kier molecular flexibility index (Phi) is 7.23. The first-order valence-electron chi connectivity index (χ1n) is 9.64. The van der Waals surface area contributed by atoms with Crippen LogP contribution in [0.1, 0.15) is 18.9 Å². The molecule has 8 heteroatoms. The third kappa shape index (κ3) is 4.88. The number of para-hydroxylation sites is 1. The van der Waals surface area contributed by atoms with Crippen molar-refractivity contribution in [1.29, 1.82) is 0 Å². The van der Waals surface area contributed by atoms with E-state index in [-0.39, 0.29) is 11.5 Å². The monoisotopic (exact) mass is 429 g/mol. The lowest BCUT2D eigenvalue weighted by Gasteiger charge is -2.17. The number of methoxy groups -OCH3 is 1. The molecule has 0 fully saturated rings. The molecule has 2 aromatic carbocycles. The summed E-state index contributed by atoms with van der Waals surface area (Å²) in [5.41, 5.74) is 1.08. The molecule has 0 spiro atoms. The Morgan fingerprint density at radius 3 is 2.80 bits per heavy atom. The van der Waals surface area contributed by atoms with Crippen LogP contribution in [0, 0.1) is 12.7 Å². The molecular weight excluding hydrogens is 405 g/mol. The average molecular weight is 430 g/mol. The molecule has 0 bridgehead atoms. The van der Waals surface area contributed by atoms with Crippen LogP contribution in [0.3, 0.4) is 0 Å². The fraction of sp³-hybridized carbons (Fsp3) is 0.318. The SMILES string of the molecule is COCCCNC(=O)C(C)Sc1nc2ccccc2c(=O)n1-c1ccc(C)c(F)c1. The van der Waals surface area contributed by atoms with Gasteiger partial charge in [0.05, 0.1) is 21.8 Å². The number of hydrogen-bond acceptors (Lipinski definition) is 5. The van der Waals surface area contributed by atoms with Crippen molar-refractivity contribution in [3.8, 4) is 5.69 Å². The molecule has 0 saturated carbocycles. The number of aryl methyl sites for hydroxylation is 1. The van der Waals surface area contributed by atoms with Gasteiger partial charge in [-0.15, -0.1) is 0 Å². The fourth-order valence-corrected chi connectivity index (χ4v) is 3.87. The molecule has 1 N–H and O–H groups in total. The van der Waals surface area contributed by atoms with Crippen LogP contribution in [0.4, 0.5) is 4.39 Å². The van der Waals surface area contributed by atoms with Gasteiger partial charge in [-0.2, -0.15) is 0 Å². The summed E-state index contributed by atoms with van der Waals surface area (Å²) in [5, 5.41) is 3.12. The summed E-state index contributed by atoms with van der Waals surface area (Å²) in [6, 6.07) is 11.6. The molecule has 3 rings (SSSR count). The quantitative estimate of drug-likeness (QED) is 0.337. The van der Waals surface area contributed by atoms with Gasteiger partial charge in [-0.1, -0.05) is 30.0 Å². The molecule has 1 amide bonds. The number of ether oxygens (including phenoxy) is 1. The Bertz CT molecular complexity index is 1120. The zero-order chi connectivity index (χ0) is 21.7. The van der Waals surface area contributed by atoms with Crippen LogP contribution < -0.4 is 10.9 Å². The molecule has 30 heavy (non-hydrogen) atoms. The number of nitrogens with zero attached hydrogens (tertiary/aromatic N) is 2. The lowest BCUT2D eigenvalue weighted by molar-refractivity contribution is -0.120. The van der Waals surface area contributed by atoms with Gasteiger partial charge in [0, 0.05) is 20.3 Å². The Balaban J connectivity index is 1.99. The molecule has 3 aromatic rings. The van der Waals surface area contributed by atoms with Crippen LogP contribution in [0.2, 0.25) is 0 Å². The zero-order valence-electron chi connectivity index (χ0n) is 17.1. The van der Waals surface area contributed by atoms with E-state index in [0.717, 1.165) is 11.8 Å². The van der Waals surface area contributed by atoms with Crippen molar-refractivity contribution in [2.24, 2.45) is 0 Å². The summed E-state index contributed by atoms with van der Waals surface area (Å²) in [6.07, 6.45) is 0.710. The molecule has 1 unspecified atom stereocenters. The maximum absolute atomic E-state index is 14.2. The molecule has 6 nitrogen and oxygen atoms in total. The Morgan fingerprint density at radius 2 is 2.07 bits per heavy atom. The van der Waals surface area contributed by atoms with Crippen molar-refractivity contribution < 1.29 is 13.9 Å². The smallest absolute Gasteiger partial charge is 0.266 e. The first-order valence-corrected chi connectivity index (χ1v) is 10.5. The van der Waals surface area contributed by atoms with Crippen molar-refractivity contribution in [2.45, 2.75) is 30.7 Å². The van der Waals surface area contributed by atoms with Gasteiger partial charge in [-0.3, -0.25) is 14.2 Å². The second kappa shape index (κ2) is 9.86. The van der Waals surface area contributed by atoms with E-state index in [1.165, 1.54) is 10.6 Å². The van der Waals surface area contributed by atoms with E-state index in [9.17, 15) is 14.0 Å². The molecular formula is C22H24FN3O3S. The molecule has 1 aromatic heterocycles. The van der Waals surface area contributed by atoms with Gasteiger partial charge in [0.2, 0.25) is 5.91 Å². The number of benzene rings is 2. The summed E-state index contributed by atoms with van der Waals surface area (Å²) in [5.74, 6) is -0.576. The minimum absolute atomic E-state index is 0.167. The minimum atomic E-state index is -0.498. The number of halogens is 1. The predicted octanol–water partition coefficient (Wildman–Crippen LogP) is 3.47. The van der Waals surface area contributed by atoms with Crippen LogP contribution in [0.15, 0.2) is 52.4 Å². The van der Waals surface area contributed by atoms with Crippen molar-refractivity contribution in [1.82, 2.24) is 14.9 Å². The van der Waals surface area contributed by atoms with E-state index in [2.05, 4.69) is 10.3 Å². The highest BCUT2D eigenvalue weighted by Crippen LogP contribution is 2.26. The lowest BCUT2D eigenvalue weighted by atomic mass is 10.2. The standard InChI is InChI=1S/C22H24FN3O3S/c1-14-9-10-16(13-18(14)23)26-21(28)17-7-4-5-8-19(17)25-22(26)30-15(2)20(27)24-11-6-12-29-3/h4-5,7-10,13,15H,6,11-12H2,1-3H3,(H,24,27). The van der Waals surface area contributed by atoms with Gasteiger partial charge in [0.1, 0.15) is 5.82 Å². The number of nitrogens with one attached hydrogen (secondary N) is 1. The van der Waals surface area contributed by atoms with Gasteiger partial charge in [-0.05, 0) is 50.1 Å². The number of aromatic nitrogens is 2. The minimum Gasteiger partial charge on any atom is -0.385 e. The number of hydrogen-bond donors (Lipinski definition) is 1. The van der Waals surface area contributed by atoms with Gasteiger partial charge in [0.25, 0.3) is 5.56 Å². The largest absolute Gasteiger partial charge is 0.385 e. The second-order valence-electron chi connectivity index (χ2n) is 6.88. The van der Waals surface area contributed by atoms with Gasteiger partial charge < -0.3 is 10.1 Å². The van der Waals surface area contributed by atoms with Crippen molar-refractivity contribution in [2.75, 3.05) is 20.3 Å². The average Bonchev–Trinajstić information content (AvgIpc) is 2.73. The molecule has 0 aliphatic carbocycles. The summed E-state index contributed by atoms with van der Waals surface area (Å²) < 4.78 is 20.6. The molecule has 0 saturated heterocycles. The normalized spacial score (nSPS) is 12.1. The van der Waals surface area contributed by atoms with E-state index >= 15 is 0 Å². The summed E-state index contributed by atoms with van der Waals surface area (Å²) in [7, 11) is 1.61. The third-order valence-corrected chi connectivity index (χ3v) is 5.69. The van der Waals surface area contributed by atoms with Crippen LogP contribution in [0.25, 0.3) is 16.6 Å². The maximum Gasteiger partial charge on any atom is 0.266 e. The third-order valence-electron chi connectivity index (χ3n) is 4.63. The van der Waals surface area contributed by atoms with E-state index in [1.54, 1.807) is 57.4 Å². The first-order chi connectivity index (χ1) is 14.4.